The summed E-state index contributed by atoms with van der Waals surface area (Å²) in [5, 5.41) is 5.65. The third-order valence-corrected chi connectivity index (χ3v) is 13.4. The number of nitrogens with zero attached hydrogens (tertiary/aromatic N) is 2. The first-order chi connectivity index (χ1) is 24.5. The Morgan fingerprint density at radius 3 is 1.68 bits per heavy atom. The molecule has 3 aromatic heterocycles. The number of Topliss-reactive ketones (excluding diaryl/α,β-unsaturated/α-hetero) is 2. The number of hydrogen-bond donors (Lipinski definition) is 0. The molecule has 0 unspecified atom stereocenters. The molecule has 50 heavy (non-hydrogen) atoms. The molecule has 6 aliphatic rings. The molecule has 5 aromatic carbocycles. The first-order valence-electron chi connectivity index (χ1n) is 18.5. The minimum absolute atomic E-state index is 0.0300. The van der Waals surface area contributed by atoms with Crippen molar-refractivity contribution in [2.45, 2.75) is 63.2 Å². The molecule has 2 saturated carbocycles. The molecular weight excluding hydrogens is 617 g/mol. The van der Waals surface area contributed by atoms with Crippen molar-refractivity contribution in [1.29, 1.82) is 0 Å². The van der Waals surface area contributed by atoms with Gasteiger partial charge in [-0.1, -0.05) is 30.3 Å². The maximum absolute atomic E-state index is 14.7. The summed E-state index contributed by atoms with van der Waals surface area (Å²) in [6, 6.07) is 29.4. The summed E-state index contributed by atoms with van der Waals surface area (Å²) in [6.07, 6.45) is 8.01. The number of pyridine rings is 1. The molecule has 0 amide bonds. The van der Waals surface area contributed by atoms with E-state index in [2.05, 4.69) is 69.6 Å². The van der Waals surface area contributed by atoms with E-state index in [1.165, 1.54) is 11.1 Å². The Morgan fingerprint density at radius 1 is 0.460 bits per heavy atom. The lowest BCUT2D eigenvalue weighted by Crippen LogP contribution is -2.15. The summed E-state index contributed by atoms with van der Waals surface area (Å²) in [4.78, 5) is 42.9. The van der Waals surface area contributed by atoms with E-state index in [4.69, 9.17) is 0 Å². The highest BCUT2D eigenvalue weighted by molar-refractivity contribution is 6.32. The van der Waals surface area contributed by atoms with Gasteiger partial charge in [0.25, 0.3) is 0 Å². The molecule has 0 spiro atoms. The van der Waals surface area contributed by atoms with Gasteiger partial charge in [-0.3, -0.25) is 14.4 Å². The Kier molecular flexibility index (Phi) is 5.22. The molecular formula is C45H34N2O3. The highest BCUT2D eigenvalue weighted by atomic mass is 16.1. The van der Waals surface area contributed by atoms with Crippen LogP contribution in [-0.4, -0.2) is 20.5 Å². The second-order valence-electron chi connectivity index (χ2n) is 15.6. The summed E-state index contributed by atoms with van der Waals surface area (Å²) >= 11 is 0. The molecule has 2 fully saturated rings. The van der Waals surface area contributed by atoms with E-state index in [9.17, 15) is 14.4 Å². The molecule has 6 aliphatic carbocycles. The molecule has 0 aliphatic heterocycles. The second kappa shape index (κ2) is 9.48. The fraction of sp³-hybridized carbons (Fsp3) is 0.267. The summed E-state index contributed by atoms with van der Waals surface area (Å²) in [5.41, 5.74) is 9.95. The zero-order valence-corrected chi connectivity index (χ0v) is 27.7. The van der Waals surface area contributed by atoms with Gasteiger partial charge in [0.1, 0.15) is 0 Å². The van der Waals surface area contributed by atoms with Crippen LogP contribution in [0.2, 0.25) is 0 Å². The van der Waals surface area contributed by atoms with Gasteiger partial charge in [-0.05, 0) is 129 Å². The van der Waals surface area contributed by atoms with Gasteiger partial charge in [-0.15, -0.1) is 0 Å². The van der Waals surface area contributed by atoms with Crippen molar-refractivity contribution in [3.8, 4) is 5.69 Å². The summed E-state index contributed by atoms with van der Waals surface area (Å²) < 4.78 is 4.61. The van der Waals surface area contributed by atoms with Crippen LogP contribution in [0.5, 0.6) is 0 Å². The first kappa shape index (κ1) is 27.5. The minimum Gasteiger partial charge on any atom is -0.308 e. The van der Waals surface area contributed by atoms with Crippen molar-refractivity contribution in [1.82, 2.24) is 8.97 Å². The van der Waals surface area contributed by atoms with Crippen LogP contribution < -0.4 is 5.43 Å². The van der Waals surface area contributed by atoms with E-state index in [1.807, 2.05) is 24.3 Å². The number of para-hydroxylation sites is 2. The average Bonchev–Trinajstić information content (AvgIpc) is 3.48. The van der Waals surface area contributed by atoms with Crippen molar-refractivity contribution < 1.29 is 9.59 Å². The molecule has 4 bridgehead atoms. The monoisotopic (exact) mass is 650 g/mol. The zero-order chi connectivity index (χ0) is 33.0. The number of rotatable bonds is 1. The number of hydrogen-bond acceptors (Lipinski definition) is 3. The number of carbonyl (C=O) groups is 2. The highest BCUT2D eigenvalue weighted by Gasteiger charge is 2.38. The average molecular weight is 651 g/mol. The van der Waals surface area contributed by atoms with Gasteiger partial charge in [0.15, 0.2) is 17.0 Å². The molecule has 0 N–H and O–H groups in total. The van der Waals surface area contributed by atoms with E-state index in [1.54, 1.807) is 0 Å². The van der Waals surface area contributed by atoms with Crippen molar-refractivity contribution in [2.24, 2.45) is 11.8 Å². The number of ketones is 2. The van der Waals surface area contributed by atoms with Crippen LogP contribution in [0.1, 0.15) is 95.0 Å². The zero-order valence-electron chi connectivity index (χ0n) is 27.7. The van der Waals surface area contributed by atoms with Crippen LogP contribution in [0.15, 0.2) is 89.7 Å². The minimum atomic E-state index is 0.0300. The maximum atomic E-state index is 14.7. The fourth-order valence-electron chi connectivity index (χ4n) is 11.0. The predicted molar refractivity (Wildman–Crippen MR) is 200 cm³/mol. The van der Waals surface area contributed by atoms with E-state index in [-0.39, 0.29) is 28.8 Å². The molecule has 0 radical (unpaired) electrons. The number of fused-ring (bicyclic) bond motifs is 13. The first-order valence-corrected chi connectivity index (χ1v) is 18.5. The van der Waals surface area contributed by atoms with Gasteiger partial charge in [0, 0.05) is 61.0 Å². The van der Waals surface area contributed by atoms with Crippen LogP contribution in [0.25, 0.3) is 65.6 Å². The lowest BCUT2D eigenvalue weighted by Gasteiger charge is -2.22. The molecule has 5 heteroatoms. The summed E-state index contributed by atoms with van der Waals surface area (Å²) in [7, 11) is 0. The highest BCUT2D eigenvalue weighted by Crippen LogP contribution is 2.51. The van der Waals surface area contributed by atoms with E-state index < -0.39 is 0 Å². The molecule has 5 nitrogen and oxygen atoms in total. The lowest BCUT2D eigenvalue weighted by atomic mass is 9.82. The molecule has 0 saturated heterocycles. The van der Waals surface area contributed by atoms with Crippen LogP contribution in [0.4, 0.5) is 0 Å². The van der Waals surface area contributed by atoms with Gasteiger partial charge >= 0.3 is 0 Å². The number of carbonyl (C=O) groups excluding carboxylic acids is 2. The summed E-state index contributed by atoms with van der Waals surface area (Å²) in [6.45, 7) is 0. The predicted octanol–water partition coefficient (Wildman–Crippen LogP) is 10.2. The second-order valence-corrected chi connectivity index (χ2v) is 15.6. The van der Waals surface area contributed by atoms with Gasteiger partial charge in [0.05, 0.1) is 27.6 Å². The standard InChI is InChI=1S/C45H34N2O3/c48-43-25-14-10-23(11-15-25)29-18-31-32-20-36-42(46(27-6-2-1-3-7-27)37-9-5-4-8-28(37)45(36)50)40-35-19-30-24-12-16-26(17-13-24)44(49)34(30)22-39(35)47(41(32)40)38(31)21-33(29)43/h1-9,18-26H,10-17H2. The van der Waals surface area contributed by atoms with Crippen LogP contribution >= 0.6 is 0 Å². The van der Waals surface area contributed by atoms with Gasteiger partial charge in [-0.25, -0.2) is 0 Å². The van der Waals surface area contributed by atoms with Crippen molar-refractivity contribution in [3.05, 3.63) is 117 Å². The Labute approximate surface area is 287 Å². The van der Waals surface area contributed by atoms with Crippen molar-refractivity contribution in [2.75, 3.05) is 0 Å². The molecule has 14 rings (SSSR count). The Hall–Kier alpha value is -5.29. The SMILES string of the molecule is O=C1c2cc3c(cc2C2CCC1CC2)c1cc2c(=O)c4ccccc4n(-c4ccccc4)c2c2c4cc5c(cc4n3c12)C(=O)C1CCC5CC1. The topological polar surface area (TPSA) is 60.6 Å². The molecule has 8 aromatic rings. The van der Waals surface area contributed by atoms with Gasteiger partial charge < -0.3 is 8.97 Å². The third kappa shape index (κ3) is 3.32. The smallest absolute Gasteiger partial charge is 0.197 e. The van der Waals surface area contributed by atoms with Crippen LogP contribution in [0, 0.1) is 11.8 Å². The Morgan fingerprint density at radius 2 is 1.02 bits per heavy atom. The van der Waals surface area contributed by atoms with Gasteiger partial charge in [-0.2, -0.15) is 0 Å². The lowest BCUT2D eigenvalue weighted by molar-refractivity contribution is 0.0891. The third-order valence-electron chi connectivity index (χ3n) is 13.4. The van der Waals surface area contributed by atoms with Gasteiger partial charge in [0.2, 0.25) is 0 Å². The molecule has 3 heterocycles. The number of aromatic nitrogens is 2. The normalized spacial score (nSPS) is 23.1. The quantitative estimate of drug-likeness (QED) is 0.166. The van der Waals surface area contributed by atoms with Crippen molar-refractivity contribution in [3.63, 3.8) is 0 Å². The fourth-order valence-corrected chi connectivity index (χ4v) is 11.0. The van der Waals surface area contributed by atoms with E-state index in [0.29, 0.717) is 22.6 Å². The Balaban J connectivity index is 1.35. The van der Waals surface area contributed by atoms with Crippen LogP contribution in [0.3, 0.4) is 0 Å². The largest absolute Gasteiger partial charge is 0.308 e. The van der Waals surface area contributed by atoms with E-state index in [0.717, 1.165) is 117 Å². The summed E-state index contributed by atoms with van der Waals surface area (Å²) in [5.74, 6) is 1.50. The Bertz CT molecular complexity index is 2900. The van der Waals surface area contributed by atoms with Crippen molar-refractivity contribution >= 4 is 71.5 Å². The maximum Gasteiger partial charge on any atom is 0.197 e. The van der Waals surface area contributed by atoms with Crippen LogP contribution in [-0.2, 0) is 0 Å². The number of benzene rings is 5. The van der Waals surface area contributed by atoms with E-state index >= 15 is 0 Å². The molecule has 242 valence electrons. The molecule has 0 atom stereocenters.